The van der Waals surface area contributed by atoms with Crippen molar-refractivity contribution in [3.05, 3.63) is 0 Å². The fourth-order valence-electron chi connectivity index (χ4n) is 2.38. The average molecular weight is 278 g/mol. The van der Waals surface area contributed by atoms with Gasteiger partial charge < -0.3 is 14.4 Å². The van der Waals surface area contributed by atoms with Gasteiger partial charge in [-0.1, -0.05) is 0 Å². The molecule has 2 saturated heterocycles. The highest BCUT2D eigenvalue weighted by molar-refractivity contribution is 7.88. The first kappa shape index (κ1) is 13.7. The Hall–Kier alpha value is -0.700. The number of morpholine rings is 1. The second kappa shape index (κ2) is 5.12. The first-order valence-corrected chi connectivity index (χ1v) is 7.63. The summed E-state index contributed by atoms with van der Waals surface area (Å²) in [7, 11) is -1.67. The molecular formula is C10H18N2O5S. The van der Waals surface area contributed by atoms with Crippen molar-refractivity contribution >= 4 is 15.9 Å². The van der Waals surface area contributed by atoms with Crippen LogP contribution in [0.25, 0.3) is 0 Å². The zero-order valence-electron chi connectivity index (χ0n) is 10.5. The molecule has 104 valence electrons. The van der Waals surface area contributed by atoms with E-state index in [1.54, 1.807) is 12.0 Å². The van der Waals surface area contributed by atoms with E-state index in [0.717, 1.165) is 0 Å². The maximum Gasteiger partial charge on any atom is 0.249 e. The van der Waals surface area contributed by atoms with Crippen LogP contribution < -0.4 is 0 Å². The maximum absolute atomic E-state index is 11.8. The van der Waals surface area contributed by atoms with E-state index in [1.165, 1.54) is 10.6 Å². The molecule has 2 aliphatic heterocycles. The predicted molar refractivity (Wildman–Crippen MR) is 63.5 cm³/mol. The molecule has 0 aliphatic carbocycles. The Morgan fingerprint density at radius 1 is 1.44 bits per heavy atom. The van der Waals surface area contributed by atoms with Crippen LogP contribution in [0.15, 0.2) is 0 Å². The predicted octanol–water partition coefficient (Wildman–Crippen LogP) is -1.50. The summed E-state index contributed by atoms with van der Waals surface area (Å²) >= 11 is 0. The Balaban J connectivity index is 2.10. The van der Waals surface area contributed by atoms with Gasteiger partial charge in [0, 0.05) is 26.7 Å². The average Bonchev–Trinajstić information content (AvgIpc) is 2.71. The number of amides is 1. The second-order valence-corrected chi connectivity index (χ2v) is 6.56. The molecule has 8 heteroatoms. The number of hydrogen-bond donors (Lipinski definition) is 0. The molecule has 0 radical (unpaired) electrons. The number of fused-ring (bicyclic) bond motifs is 1. The normalized spacial score (nSPS) is 29.7. The van der Waals surface area contributed by atoms with Gasteiger partial charge in [-0.3, -0.25) is 4.79 Å². The van der Waals surface area contributed by atoms with E-state index in [0.29, 0.717) is 26.2 Å². The van der Waals surface area contributed by atoms with Crippen molar-refractivity contribution in [2.75, 3.05) is 46.2 Å². The Kier molecular flexibility index (Phi) is 3.90. The van der Waals surface area contributed by atoms with Crippen LogP contribution >= 0.6 is 0 Å². The zero-order valence-corrected chi connectivity index (χ0v) is 11.4. The van der Waals surface area contributed by atoms with Crippen molar-refractivity contribution in [1.29, 1.82) is 0 Å². The molecule has 2 fully saturated rings. The third-order valence-electron chi connectivity index (χ3n) is 3.35. The van der Waals surface area contributed by atoms with Crippen molar-refractivity contribution in [3.8, 4) is 0 Å². The number of carbonyl (C=O) groups excluding carboxylic acids is 1. The Labute approximate surface area is 107 Å². The molecule has 2 atom stereocenters. The van der Waals surface area contributed by atoms with Gasteiger partial charge in [0.05, 0.1) is 25.0 Å². The third-order valence-corrected chi connectivity index (χ3v) is 4.59. The molecular weight excluding hydrogens is 260 g/mol. The highest BCUT2D eigenvalue weighted by Gasteiger charge is 2.45. The summed E-state index contributed by atoms with van der Waals surface area (Å²) in [4.78, 5) is 13.4. The number of hydrogen-bond acceptors (Lipinski definition) is 5. The number of sulfonamides is 1. The molecule has 1 amide bonds. The lowest BCUT2D eigenvalue weighted by Crippen LogP contribution is -2.54. The summed E-state index contributed by atoms with van der Waals surface area (Å²) in [6.45, 7) is 1.55. The van der Waals surface area contributed by atoms with Crippen LogP contribution in [0, 0.1) is 0 Å². The van der Waals surface area contributed by atoms with E-state index < -0.39 is 10.0 Å². The number of rotatable bonds is 4. The molecule has 0 saturated carbocycles. The molecule has 0 aromatic heterocycles. The molecule has 0 spiro atoms. The number of carbonyl (C=O) groups is 1. The van der Waals surface area contributed by atoms with Crippen LogP contribution in [0.1, 0.15) is 0 Å². The Bertz CT molecular complexity index is 424. The number of ether oxygens (including phenoxy) is 2. The topological polar surface area (TPSA) is 76.2 Å². The van der Waals surface area contributed by atoms with Gasteiger partial charge in [-0.25, -0.2) is 8.42 Å². The quantitative estimate of drug-likeness (QED) is 0.626. The second-order valence-electron chi connectivity index (χ2n) is 4.58. The number of nitrogens with zero attached hydrogens (tertiary/aromatic N) is 2. The smallest absolute Gasteiger partial charge is 0.249 e. The van der Waals surface area contributed by atoms with Crippen molar-refractivity contribution in [2.24, 2.45) is 0 Å². The Morgan fingerprint density at radius 3 is 2.78 bits per heavy atom. The molecule has 18 heavy (non-hydrogen) atoms. The SMILES string of the molecule is COCCN1C(=O)CO[C@H]2CN(S(C)(=O)=O)C[C@H]21. The molecule has 2 aliphatic rings. The van der Waals surface area contributed by atoms with Crippen molar-refractivity contribution in [2.45, 2.75) is 12.1 Å². The van der Waals surface area contributed by atoms with Crippen LogP contribution in [-0.4, -0.2) is 81.9 Å². The summed E-state index contributed by atoms with van der Waals surface area (Å²) in [5, 5.41) is 0. The summed E-state index contributed by atoms with van der Waals surface area (Å²) in [6, 6.07) is -0.198. The van der Waals surface area contributed by atoms with Gasteiger partial charge in [-0.2, -0.15) is 4.31 Å². The summed E-state index contributed by atoms with van der Waals surface area (Å²) in [5.74, 6) is -0.108. The fraction of sp³-hybridized carbons (Fsp3) is 0.900. The van der Waals surface area contributed by atoms with Crippen LogP contribution in [0.2, 0.25) is 0 Å². The van der Waals surface area contributed by atoms with Crippen LogP contribution in [-0.2, 0) is 24.3 Å². The molecule has 0 unspecified atom stereocenters. The van der Waals surface area contributed by atoms with Gasteiger partial charge in [0.25, 0.3) is 0 Å². The highest BCUT2D eigenvalue weighted by atomic mass is 32.2. The summed E-state index contributed by atoms with van der Waals surface area (Å²) < 4.78 is 34.8. The summed E-state index contributed by atoms with van der Waals surface area (Å²) in [6.07, 6.45) is 0.945. The zero-order chi connectivity index (χ0) is 13.3. The van der Waals surface area contributed by atoms with Crippen molar-refractivity contribution in [3.63, 3.8) is 0 Å². The van der Waals surface area contributed by atoms with Gasteiger partial charge in [0.1, 0.15) is 6.61 Å². The van der Waals surface area contributed by atoms with Gasteiger partial charge in [-0.15, -0.1) is 0 Å². The van der Waals surface area contributed by atoms with E-state index in [4.69, 9.17) is 9.47 Å². The molecule has 7 nitrogen and oxygen atoms in total. The minimum atomic E-state index is -3.24. The largest absolute Gasteiger partial charge is 0.383 e. The lowest BCUT2D eigenvalue weighted by molar-refractivity contribution is -0.153. The van der Waals surface area contributed by atoms with Crippen LogP contribution in [0.3, 0.4) is 0 Å². The van der Waals surface area contributed by atoms with Gasteiger partial charge >= 0.3 is 0 Å². The molecule has 0 N–H and O–H groups in total. The maximum atomic E-state index is 11.8. The molecule has 2 rings (SSSR count). The van der Waals surface area contributed by atoms with E-state index in [9.17, 15) is 13.2 Å². The molecule has 2 heterocycles. The molecule has 0 bridgehead atoms. The van der Waals surface area contributed by atoms with Crippen molar-refractivity contribution in [1.82, 2.24) is 9.21 Å². The monoisotopic (exact) mass is 278 g/mol. The highest BCUT2D eigenvalue weighted by Crippen LogP contribution is 2.24. The number of methoxy groups -OCH3 is 1. The standard InChI is InChI=1S/C10H18N2O5S/c1-16-4-3-12-8-5-11(18(2,14)15)6-9(8)17-7-10(12)13/h8-9H,3-7H2,1-2H3/t8-,9+/m1/s1. The lowest BCUT2D eigenvalue weighted by Gasteiger charge is -2.36. The van der Waals surface area contributed by atoms with Crippen LogP contribution in [0.5, 0.6) is 0 Å². The molecule has 0 aromatic rings. The van der Waals surface area contributed by atoms with E-state index in [-0.39, 0.29) is 24.7 Å². The Morgan fingerprint density at radius 2 is 2.17 bits per heavy atom. The minimum Gasteiger partial charge on any atom is -0.383 e. The van der Waals surface area contributed by atoms with Crippen LogP contribution in [0.4, 0.5) is 0 Å². The van der Waals surface area contributed by atoms with Gasteiger partial charge in [0.15, 0.2) is 0 Å². The van der Waals surface area contributed by atoms with E-state index in [2.05, 4.69) is 0 Å². The van der Waals surface area contributed by atoms with Gasteiger partial charge in [-0.05, 0) is 0 Å². The van der Waals surface area contributed by atoms with Crippen molar-refractivity contribution < 1.29 is 22.7 Å². The first-order valence-electron chi connectivity index (χ1n) is 5.78. The van der Waals surface area contributed by atoms with E-state index >= 15 is 0 Å². The summed E-state index contributed by atoms with van der Waals surface area (Å²) in [5.41, 5.74) is 0. The molecule has 0 aromatic carbocycles. The third kappa shape index (κ3) is 2.66. The lowest BCUT2D eigenvalue weighted by atomic mass is 10.1. The first-order chi connectivity index (χ1) is 8.43. The fourth-order valence-corrected chi connectivity index (χ4v) is 3.22. The van der Waals surface area contributed by atoms with Gasteiger partial charge in [0.2, 0.25) is 15.9 Å². The minimum absolute atomic E-state index is 0.0164. The van der Waals surface area contributed by atoms with E-state index in [1.807, 2.05) is 0 Å².